The predicted octanol–water partition coefficient (Wildman–Crippen LogP) is 1.73. The molecule has 7 nitrogen and oxygen atoms in total. The van der Waals surface area contributed by atoms with Crippen molar-refractivity contribution in [2.75, 3.05) is 13.1 Å². The molecule has 0 atom stereocenters. The molecule has 1 fully saturated rings. The van der Waals surface area contributed by atoms with Gasteiger partial charge in [-0.15, -0.1) is 0 Å². The van der Waals surface area contributed by atoms with Crippen LogP contribution in [0.2, 0.25) is 0 Å². The molecule has 0 spiro atoms. The molecule has 0 heterocycles. The first-order chi connectivity index (χ1) is 13.8. The van der Waals surface area contributed by atoms with Gasteiger partial charge in [-0.3, -0.25) is 9.59 Å². The summed E-state index contributed by atoms with van der Waals surface area (Å²) in [5.74, 6) is -1.65. The number of sulfonamides is 1. The number of rotatable bonds is 8. The van der Waals surface area contributed by atoms with Gasteiger partial charge in [-0.05, 0) is 49.6 Å². The quantitative estimate of drug-likeness (QED) is 0.567. The molecule has 1 saturated carbocycles. The van der Waals surface area contributed by atoms with Crippen LogP contribution in [0.3, 0.4) is 0 Å². The van der Waals surface area contributed by atoms with Gasteiger partial charge in [-0.1, -0.05) is 18.2 Å². The van der Waals surface area contributed by atoms with Gasteiger partial charge in [0.2, 0.25) is 10.0 Å². The number of benzene rings is 2. The first-order valence-electron chi connectivity index (χ1n) is 9.22. The smallest absolute Gasteiger partial charge is 0.254 e. The van der Waals surface area contributed by atoms with Gasteiger partial charge >= 0.3 is 0 Å². The summed E-state index contributed by atoms with van der Waals surface area (Å²) in [6.45, 7) is 1.91. The molecule has 2 aromatic rings. The second-order valence-electron chi connectivity index (χ2n) is 6.86. The van der Waals surface area contributed by atoms with Crippen LogP contribution in [0.5, 0.6) is 0 Å². The molecule has 0 radical (unpaired) electrons. The molecule has 0 bridgehead atoms. The molecule has 2 amide bonds. The van der Waals surface area contributed by atoms with E-state index in [-0.39, 0.29) is 35.2 Å². The van der Waals surface area contributed by atoms with E-state index in [1.54, 1.807) is 19.1 Å². The summed E-state index contributed by atoms with van der Waals surface area (Å²) in [4.78, 5) is 24.4. The summed E-state index contributed by atoms with van der Waals surface area (Å²) in [5, 5.41) is 5.16. The first-order valence-corrected chi connectivity index (χ1v) is 10.7. The Hall–Kier alpha value is -2.78. The van der Waals surface area contributed by atoms with Crippen molar-refractivity contribution in [3.63, 3.8) is 0 Å². The zero-order valence-electron chi connectivity index (χ0n) is 15.9. The summed E-state index contributed by atoms with van der Waals surface area (Å²) in [5.41, 5.74) is 0.795. The topological polar surface area (TPSA) is 104 Å². The maximum atomic E-state index is 13.6. The molecule has 1 aliphatic rings. The Morgan fingerprint density at radius 2 is 1.62 bits per heavy atom. The van der Waals surface area contributed by atoms with Crippen molar-refractivity contribution in [3.8, 4) is 0 Å². The van der Waals surface area contributed by atoms with Crippen molar-refractivity contribution in [2.24, 2.45) is 0 Å². The van der Waals surface area contributed by atoms with Crippen LogP contribution in [-0.2, 0) is 10.0 Å². The maximum Gasteiger partial charge on any atom is 0.254 e. The number of carbonyl (C=O) groups excluding carboxylic acids is 2. The van der Waals surface area contributed by atoms with Crippen molar-refractivity contribution in [1.82, 2.24) is 15.4 Å². The number of hydrogen-bond donors (Lipinski definition) is 3. The minimum atomic E-state index is -3.66. The fourth-order valence-electron chi connectivity index (χ4n) is 2.69. The van der Waals surface area contributed by atoms with Crippen molar-refractivity contribution in [2.45, 2.75) is 30.7 Å². The summed E-state index contributed by atoms with van der Waals surface area (Å²) in [7, 11) is -3.66. The van der Waals surface area contributed by atoms with Gasteiger partial charge in [-0.2, -0.15) is 0 Å². The van der Waals surface area contributed by atoms with E-state index in [0.29, 0.717) is 5.56 Å². The lowest BCUT2D eigenvalue weighted by molar-refractivity contribution is 0.0925. The van der Waals surface area contributed by atoms with E-state index in [9.17, 15) is 22.4 Å². The zero-order chi connectivity index (χ0) is 21.0. The summed E-state index contributed by atoms with van der Waals surface area (Å²) in [6.07, 6.45) is 1.63. The molecule has 0 saturated heterocycles. The Morgan fingerprint density at radius 3 is 2.24 bits per heavy atom. The lowest BCUT2D eigenvalue weighted by atomic mass is 10.1. The van der Waals surface area contributed by atoms with Crippen molar-refractivity contribution in [1.29, 1.82) is 0 Å². The van der Waals surface area contributed by atoms with E-state index in [1.165, 1.54) is 30.3 Å². The lowest BCUT2D eigenvalue weighted by Crippen LogP contribution is -2.35. The third-order valence-corrected chi connectivity index (χ3v) is 6.00. The minimum Gasteiger partial charge on any atom is -0.350 e. The highest BCUT2D eigenvalue weighted by atomic mass is 32.2. The van der Waals surface area contributed by atoms with Crippen molar-refractivity contribution >= 4 is 21.8 Å². The number of halogens is 1. The molecule has 0 aromatic heterocycles. The molecule has 2 aromatic carbocycles. The number of aryl methyl sites for hydroxylation is 1. The lowest BCUT2D eigenvalue weighted by Gasteiger charge is -2.11. The standard InChI is InChI=1S/C20H22FN3O4S/c1-13-6-9-15(29(27,28)24-14-7-8-14)12-17(13)20(26)23-11-10-22-19(25)16-4-2-3-5-18(16)21/h2-6,9,12,14,24H,7-8,10-11H2,1H3,(H,22,25)(H,23,26). The van der Waals surface area contributed by atoms with Gasteiger partial charge in [0.1, 0.15) is 5.82 Å². The average Bonchev–Trinajstić information content (AvgIpc) is 3.48. The Balaban J connectivity index is 1.57. The number of nitrogens with one attached hydrogen (secondary N) is 3. The van der Waals surface area contributed by atoms with E-state index in [1.807, 2.05) is 0 Å². The molecule has 154 valence electrons. The number of amides is 2. The van der Waals surface area contributed by atoms with E-state index in [4.69, 9.17) is 0 Å². The van der Waals surface area contributed by atoms with Crippen molar-refractivity contribution in [3.05, 3.63) is 65.0 Å². The zero-order valence-corrected chi connectivity index (χ0v) is 16.7. The predicted molar refractivity (Wildman–Crippen MR) is 106 cm³/mol. The first kappa shape index (κ1) is 20.9. The van der Waals surface area contributed by atoms with Crippen molar-refractivity contribution < 1.29 is 22.4 Å². The highest BCUT2D eigenvalue weighted by Crippen LogP contribution is 2.23. The molecule has 0 unspecified atom stereocenters. The Kier molecular flexibility index (Phi) is 6.29. The van der Waals surface area contributed by atoms with Crippen LogP contribution in [0.15, 0.2) is 47.4 Å². The van der Waals surface area contributed by atoms with Crippen LogP contribution in [0.4, 0.5) is 4.39 Å². The molecular weight excluding hydrogens is 397 g/mol. The molecule has 3 rings (SSSR count). The van der Waals surface area contributed by atoms with Gasteiger partial charge in [0.25, 0.3) is 11.8 Å². The second-order valence-corrected chi connectivity index (χ2v) is 8.58. The monoisotopic (exact) mass is 419 g/mol. The molecule has 1 aliphatic carbocycles. The van der Waals surface area contributed by atoms with E-state index >= 15 is 0 Å². The highest BCUT2D eigenvalue weighted by molar-refractivity contribution is 7.89. The van der Waals surface area contributed by atoms with Crippen LogP contribution in [-0.4, -0.2) is 39.4 Å². The fraction of sp³-hybridized carbons (Fsp3) is 0.300. The molecule has 3 N–H and O–H groups in total. The number of hydrogen-bond acceptors (Lipinski definition) is 4. The minimum absolute atomic E-state index is 0.0309. The van der Waals surface area contributed by atoms with E-state index in [2.05, 4.69) is 15.4 Å². The Morgan fingerprint density at radius 1 is 1.00 bits per heavy atom. The van der Waals surface area contributed by atoms with Crippen LogP contribution in [0.25, 0.3) is 0 Å². The SMILES string of the molecule is Cc1ccc(S(=O)(=O)NC2CC2)cc1C(=O)NCCNC(=O)c1ccccc1F. The molecule has 0 aliphatic heterocycles. The van der Waals surface area contributed by atoms with E-state index < -0.39 is 27.7 Å². The number of carbonyl (C=O) groups is 2. The highest BCUT2D eigenvalue weighted by Gasteiger charge is 2.28. The van der Waals surface area contributed by atoms with Gasteiger partial charge in [0, 0.05) is 24.7 Å². The third kappa shape index (κ3) is 5.39. The molecule has 9 heteroatoms. The van der Waals surface area contributed by atoms with Gasteiger partial charge < -0.3 is 10.6 Å². The molecule has 29 heavy (non-hydrogen) atoms. The Bertz CT molecular complexity index is 1040. The summed E-state index contributed by atoms with van der Waals surface area (Å²) >= 11 is 0. The van der Waals surface area contributed by atoms with Crippen LogP contribution >= 0.6 is 0 Å². The van der Waals surface area contributed by atoms with Crippen LogP contribution in [0, 0.1) is 12.7 Å². The summed E-state index contributed by atoms with van der Waals surface area (Å²) < 4.78 is 40.8. The van der Waals surface area contributed by atoms with Crippen LogP contribution < -0.4 is 15.4 Å². The third-order valence-electron chi connectivity index (χ3n) is 4.48. The molecular formula is C20H22FN3O4S. The average molecular weight is 419 g/mol. The summed E-state index contributed by atoms with van der Waals surface area (Å²) in [6, 6.07) is 9.96. The second kappa shape index (κ2) is 8.71. The van der Waals surface area contributed by atoms with Crippen LogP contribution in [0.1, 0.15) is 39.1 Å². The Labute approximate surface area is 168 Å². The van der Waals surface area contributed by atoms with Gasteiger partial charge in [0.05, 0.1) is 10.5 Å². The normalized spacial score (nSPS) is 13.7. The fourth-order valence-corrected chi connectivity index (χ4v) is 4.02. The van der Waals surface area contributed by atoms with E-state index in [0.717, 1.165) is 12.8 Å². The maximum absolute atomic E-state index is 13.6. The largest absolute Gasteiger partial charge is 0.350 e. The van der Waals surface area contributed by atoms with Gasteiger partial charge in [-0.25, -0.2) is 17.5 Å². The van der Waals surface area contributed by atoms with Gasteiger partial charge in [0.15, 0.2) is 0 Å².